The van der Waals surface area contributed by atoms with Crippen LogP contribution in [0.2, 0.25) is 0 Å². The number of urea groups is 1. The molecule has 0 spiro atoms. The quantitative estimate of drug-likeness (QED) is 0.357. The Morgan fingerprint density at radius 3 is 2.43 bits per heavy atom. The summed E-state index contributed by atoms with van der Waals surface area (Å²) < 4.78 is 11.0. The number of carbonyl (C=O) groups is 4. The minimum Gasteiger partial charge on any atom is -0.494 e. The molecule has 1 aliphatic rings. The molecule has 5 amide bonds. The van der Waals surface area contributed by atoms with Gasteiger partial charge in [-0.25, -0.2) is 9.69 Å². The molecular formula is C28H25N3O6. The highest BCUT2D eigenvalue weighted by Gasteiger charge is 2.36. The van der Waals surface area contributed by atoms with Gasteiger partial charge in [0, 0.05) is 5.69 Å². The van der Waals surface area contributed by atoms with E-state index in [-0.39, 0.29) is 18.1 Å². The first-order valence-electron chi connectivity index (χ1n) is 11.6. The molecule has 0 unspecified atom stereocenters. The number of benzene rings is 3. The van der Waals surface area contributed by atoms with E-state index in [1.165, 1.54) is 6.08 Å². The maximum Gasteiger partial charge on any atom is 0.335 e. The summed E-state index contributed by atoms with van der Waals surface area (Å²) in [4.78, 5) is 51.2. The van der Waals surface area contributed by atoms with Gasteiger partial charge in [-0.15, -0.1) is 0 Å². The lowest BCUT2D eigenvalue weighted by molar-refractivity contribution is -0.122. The molecule has 1 saturated heterocycles. The van der Waals surface area contributed by atoms with Crippen molar-refractivity contribution < 1.29 is 28.7 Å². The number of hydrogen-bond donors (Lipinski definition) is 2. The van der Waals surface area contributed by atoms with E-state index in [2.05, 4.69) is 10.6 Å². The molecule has 9 nitrogen and oxygen atoms in total. The molecule has 2 N–H and O–H groups in total. The average molecular weight is 500 g/mol. The number of amides is 5. The molecule has 0 bridgehead atoms. The fourth-order valence-corrected chi connectivity index (χ4v) is 3.66. The topological polar surface area (TPSA) is 114 Å². The highest BCUT2D eigenvalue weighted by Crippen LogP contribution is 2.25. The lowest BCUT2D eigenvalue weighted by Gasteiger charge is -2.26. The minimum atomic E-state index is -0.840. The van der Waals surface area contributed by atoms with Crippen molar-refractivity contribution in [2.75, 3.05) is 23.4 Å². The van der Waals surface area contributed by atoms with Crippen LogP contribution in [-0.2, 0) is 14.4 Å². The smallest absolute Gasteiger partial charge is 0.335 e. The Kier molecular flexibility index (Phi) is 7.63. The molecule has 0 atom stereocenters. The summed E-state index contributed by atoms with van der Waals surface area (Å²) in [6.45, 7) is 3.98. The average Bonchev–Trinajstić information content (AvgIpc) is 2.88. The van der Waals surface area contributed by atoms with Gasteiger partial charge in [0.15, 0.2) is 6.61 Å². The van der Waals surface area contributed by atoms with Crippen LogP contribution in [0.1, 0.15) is 18.1 Å². The Bertz CT molecular complexity index is 1380. The Balaban J connectivity index is 1.48. The standard InChI is InChI=1S/C28H25N3O6/c1-3-36-21-13-11-20(12-14-21)31-27(34)23(26(33)30-28(31)35)16-19-8-6-9-22(15-19)37-17-25(32)29-24-10-5-4-7-18(24)2/h4-16H,3,17H2,1-2H3,(H,29,32)(H,30,33,35)/b23-16+. The van der Waals surface area contributed by atoms with E-state index in [4.69, 9.17) is 9.47 Å². The van der Waals surface area contributed by atoms with E-state index < -0.39 is 17.8 Å². The first-order valence-corrected chi connectivity index (χ1v) is 11.6. The third kappa shape index (κ3) is 6.02. The highest BCUT2D eigenvalue weighted by molar-refractivity contribution is 6.39. The minimum absolute atomic E-state index is 0.220. The number of para-hydroxylation sites is 1. The maximum atomic E-state index is 13.1. The van der Waals surface area contributed by atoms with Crippen LogP contribution in [0.5, 0.6) is 11.5 Å². The molecule has 0 aromatic heterocycles. The number of aryl methyl sites for hydroxylation is 1. The molecule has 0 radical (unpaired) electrons. The second kappa shape index (κ2) is 11.2. The first kappa shape index (κ1) is 25.2. The lowest BCUT2D eigenvalue weighted by atomic mass is 10.1. The Labute approximate surface area is 213 Å². The zero-order valence-electron chi connectivity index (χ0n) is 20.3. The van der Waals surface area contributed by atoms with Crippen LogP contribution in [-0.4, -0.2) is 37.0 Å². The van der Waals surface area contributed by atoms with Gasteiger partial charge in [0.25, 0.3) is 17.7 Å². The third-order valence-electron chi connectivity index (χ3n) is 5.47. The summed E-state index contributed by atoms with van der Waals surface area (Å²) in [5.74, 6) is -0.933. The zero-order chi connectivity index (χ0) is 26.4. The molecule has 3 aromatic rings. The van der Waals surface area contributed by atoms with Crippen LogP contribution in [0.15, 0.2) is 78.4 Å². The van der Waals surface area contributed by atoms with E-state index in [9.17, 15) is 19.2 Å². The van der Waals surface area contributed by atoms with E-state index in [0.29, 0.717) is 35.0 Å². The molecule has 1 heterocycles. The summed E-state index contributed by atoms with van der Waals surface area (Å²) in [6, 6.07) is 19.5. The van der Waals surface area contributed by atoms with Gasteiger partial charge in [-0.1, -0.05) is 30.3 Å². The van der Waals surface area contributed by atoms with Crippen LogP contribution in [0.25, 0.3) is 6.08 Å². The van der Waals surface area contributed by atoms with Crippen molar-refractivity contribution in [3.63, 3.8) is 0 Å². The lowest BCUT2D eigenvalue weighted by Crippen LogP contribution is -2.54. The number of barbiturate groups is 1. The molecule has 1 aliphatic heterocycles. The number of anilines is 2. The van der Waals surface area contributed by atoms with E-state index in [1.807, 2.05) is 32.0 Å². The maximum absolute atomic E-state index is 13.1. The fourth-order valence-electron chi connectivity index (χ4n) is 3.66. The number of rotatable bonds is 8. The Hall–Kier alpha value is -4.92. The van der Waals surface area contributed by atoms with Gasteiger partial charge in [-0.2, -0.15) is 0 Å². The van der Waals surface area contributed by atoms with Crippen molar-refractivity contribution in [3.05, 3.63) is 89.5 Å². The number of nitrogens with one attached hydrogen (secondary N) is 2. The van der Waals surface area contributed by atoms with Crippen molar-refractivity contribution in [2.45, 2.75) is 13.8 Å². The largest absolute Gasteiger partial charge is 0.494 e. The van der Waals surface area contributed by atoms with Gasteiger partial charge in [0.05, 0.1) is 12.3 Å². The van der Waals surface area contributed by atoms with Crippen LogP contribution in [0.3, 0.4) is 0 Å². The van der Waals surface area contributed by atoms with Crippen LogP contribution in [0.4, 0.5) is 16.2 Å². The van der Waals surface area contributed by atoms with Gasteiger partial charge in [-0.3, -0.25) is 19.7 Å². The number of nitrogens with zero attached hydrogens (tertiary/aromatic N) is 1. The highest BCUT2D eigenvalue weighted by atomic mass is 16.5. The summed E-state index contributed by atoms with van der Waals surface area (Å²) in [6.07, 6.45) is 1.37. The molecule has 0 aliphatic carbocycles. The molecule has 37 heavy (non-hydrogen) atoms. The van der Waals surface area contributed by atoms with Gasteiger partial charge >= 0.3 is 6.03 Å². The molecule has 1 fully saturated rings. The molecule has 3 aromatic carbocycles. The van der Waals surface area contributed by atoms with Crippen molar-refractivity contribution in [2.24, 2.45) is 0 Å². The van der Waals surface area contributed by atoms with E-state index in [1.54, 1.807) is 54.6 Å². The summed E-state index contributed by atoms with van der Waals surface area (Å²) >= 11 is 0. The van der Waals surface area contributed by atoms with Crippen molar-refractivity contribution >= 4 is 41.2 Å². The summed E-state index contributed by atoms with van der Waals surface area (Å²) in [7, 11) is 0. The fraction of sp³-hybridized carbons (Fsp3) is 0.143. The van der Waals surface area contributed by atoms with Crippen molar-refractivity contribution in [1.29, 1.82) is 0 Å². The van der Waals surface area contributed by atoms with Crippen LogP contribution < -0.4 is 25.0 Å². The molecule has 4 rings (SSSR count). The van der Waals surface area contributed by atoms with Gasteiger partial charge < -0.3 is 14.8 Å². The van der Waals surface area contributed by atoms with Crippen molar-refractivity contribution in [1.82, 2.24) is 5.32 Å². The predicted octanol–water partition coefficient (Wildman–Crippen LogP) is 4.08. The molecule has 9 heteroatoms. The monoisotopic (exact) mass is 499 g/mol. The Morgan fingerprint density at radius 2 is 1.70 bits per heavy atom. The summed E-state index contributed by atoms with van der Waals surface area (Å²) in [5.41, 5.74) is 2.18. The van der Waals surface area contributed by atoms with Gasteiger partial charge in [0.2, 0.25) is 0 Å². The Morgan fingerprint density at radius 1 is 0.946 bits per heavy atom. The van der Waals surface area contributed by atoms with Crippen LogP contribution >= 0.6 is 0 Å². The predicted molar refractivity (Wildman–Crippen MR) is 138 cm³/mol. The van der Waals surface area contributed by atoms with Crippen molar-refractivity contribution in [3.8, 4) is 11.5 Å². The zero-order valence-corrected chi connectivity index (χ0v) is 20.3. The number of carbonyl (C=O) groups excluding carboxylic acids is 4. The first-order chi connectivity index (χ1) is 17.9. The third-order valence-corrected chi connectivity index (χ3v) is 5.47. The number of hydrogen-bond acceptors (Lipinski definition) is 6. The number of ether oxygens (including phenoxy) is 2. The molecule has 0 saturated carbocycles. The second-order valence-corrected chi connectivity index (χ2v) is 8.11. The van der Waals surface area contributed by atoms with Gasteiger partial charge in [-0.05, 0) is 73.5 Å². The van der Waals surface area contributed by atoms with E-state index in [0.717, 1.165) is 10.5 Å². The molecular weight excluding hydrogens is 474 g/mol. The summed E-state index contributed by atoms with van der Waals surface area (Å²) in [5, 5.41) is 4.98. The normalized spacial score (nSPS) is 14.4. The SMILES string of the molecule is CCOc1ccc(N2C(=O)NC(=O)/C(=C\c3cccc(OCC(=O)Nc4ccccc4C)c3)C2=O)cc1. The second-order valence-electron chi connectivity index (χ2n) is 8.11. The van der Waals surface area contributed by atoms with Gasteiger partial charge in [0.1, 0.15) is 17.1 Å². The van der Waals surface area contributed by atoms with E-state index >= 15 is 0 Å². The van der Waals surface area contributed by atoms with Crippen LogP contribution in [0, 0.1) is 6.92 Å². The molecule has 188 valence electrons. The number of imide groups is 2.